The van der Waals surface area contributed by atoms with E-state index in [0.29, 0.717) is 13.1 Å². The molecule has 0 radical (unpaired) electrons. The first-order valence-electron chi connectivity index (χ1n) is 5.67. The van der Waals surface area contributed by atoms with Crippen LogP contribution in [0, 0.1) is 5.92 Å². The van der Waals surface area contributed by atoms with Crippen LogP contribution in [0.5, 0.6) is 0 Å². The second-order valence-corrected chi connectivity index (χ2v) is 4.85. The van der Waals surface area contributed by atoms with Gasteiger partial charge in [-0.05, 0) is 12.3 Å². The van der Waals surface area contributed by atoms with Crippen molar-refractivity contribution in [3.05, 3.63) is 0 Å². The molecule has 1 heterocycles. The van der Waals surface area contributed by atoms with E-state index in [-0.39, 0.29) is 11.8 Å². The van der Waals surface area contributed by atoms with Crippen LogP contribution in [-0.4, -0.2) is 40.6 Å². The third-order valence-corrected chi connectivity index (χ3v) is 3.23. The van der Waals surface area contributed by atoms with Crippen molar-refractivity contribution in [2.75, 3.05) is 13.1 Å². The Morgan fingerprint density at radius 2 is 2.07 bits per heavy atom. The van der Waals surface area contributed by atoms with Crippen molar-refractivity contribution in [3.8, 4) is 0 Å². The molecule has 0 saturated carbocycles. The van der Waals surface area contributed by atoms with Gasteiger partial charge in [0.15, 0.2) is 0 Å². The Kier molecular flexibility index (Phi) is 3.73. The first-order chi connectivity index (χ1) is 6.90. The Labute approximate surface area is 91.4 Å². The third kappa shape index (κ3) is 2.49. The summed E-state index contributed by atoms with van der Waals surface area (Å²) in [7, 11) is 0. The predicted octanol–water partition coefficient (Wildman–Crippen LogP) is 0.343. The highest BCUT2D eigenvalue weighted by molar-refractivity contribution is 5.82. The number of aliphatic hydroxyl groups is 1. The summed E-state index contributed by atoms with van der Waals surface area (Å²) in [5, 5.41) is 9.98. The predicted molar refractivity (Wildman–Crippen MR) is 59.3 cm³/mol. The second kappa shape index (κ2) is 4.49. The SMILES string of the molecule is CCCC(N)C(=O)N1CC(O)(C(C)C)C1. The number of amides is 1. The zero-order valence-corrected chi connectivity index (χ0v) is 9.86. The van der Waals surface area contributed by atoms with Crippen LogP contribution in [0.1, 0.15) is 33.6 Å². The van der Waals surface area contributed by atoms with Crippen LogP contribution in [0.4, 0.5) is 0 Å². The molecule has 4 heteroatoms. The van der Waals surface area contributed by atoms with E-state index in [2.05, 4.69) is 0 Å². The van der Waals surface area contributed by atoms with E-state index in [4.69, 9.17) is 5.73 Å². The van der Waals surface area contributed by atoms with Gasteiger partial charge >= 0.3 is 0 Å². The van der Waals surface area contributed by atoms with E-state index >= 15 is 0 Å². The van der Waals surface area contributed by atoms with Gasteiger partial charge in [0.2, 0.25) is 5.91 Å². The third-order valence-electron chi connectivity index (χ3n) is 3.23. The lowest BCUT2D eigenvalue weighted by molar-refractivity contribution is -0.165. The molecule has 0 spiro atoms. The monoisotopic (exact) mass is 214 g/mol. The zero-order chi connectivity index (χ0) is 11.6. The summed E-state index contributed by atoms with van der Waals surface area (Å²) in [6.45, 7) is 6.80. The Morgan fingerprint density at radius 3 is 2.47 bits per heavy atom. The van der Waals surface area contributed by atoms with Crippen LogP contribution in [0.3, 0.4) is 0 Å². The quantitative estimate of drug-likeness (QED) is 0.709. The summed E-state index contributed by atoms with van der Waals surface area (Å²) in [5.41, 5.74) is 5.04. The van der Waals surface area contributed by atoms with E-state index in [1.165, 1.54) is 0 Å². The molecule has 1 aliphatic rings. The molecule has 1 saturated heterocycles. The molecule has 0 bridgehead atoms. The van der Waals surface area contributed by atoms with Crippen molar-refractivity contribution in [1.82, 2.24) is 4.90 Å². The fourth-order valence-electron chi connectivity index (χ4n) is 1.80. The van der Waals surface area contributed by atoms with Gasteiger partial charge in [0.05, 0.1) is 19.1 Å². The number of likely N-dealkylation sites (tertiary alicyclic amines) is 1. The first-order valence-corrected chi connectivity index (χ1v) is 5.67. The molecule has 0 aromatic carbocycles. The highest BCUT2D eigenvalue weighted by atomic mass is 16.3. The van der Waals surface area contributed by atoms with E-state index in [9.17, 15) is 9.90 Å². The summed E-state index contributed by atoms with van der Waals surface area (Å²) < 4.78 is 0. The summed E-state index contributed by atoms with van der Waals surface area (Å²) >= 11 is 0. The summed E-state index contributed by atoms with van der Waals surface area (Å²) in [6, 6.07) is -0.397. The molecule has 1 fully saturated rings. The molecule has 1 rings (SSSR count). The minimum absolute atomic E-state index is 0.0258. The lowest BCUT2D eigenvalue weighted by Crippen LogP contribution is -2.68. The maximum atomic E-state index is 11.7. The van der Waals surface area contributed by atoms with Gasteiger partial charge in [-0.1, -0.05) is 27.2 Å². The van der Waals surface area contributed by atoms with E-state index in [0.717, 1.165) is 12.8 Å². The maximum absolute atomic E-state index is 11.7. The standard InChI is InChI=1S/C11H22N2O2/c1-4-5-9(12)10(14)13-6-11(15,7-13)8(2)3/h8-9,15H,4-7,12H2,1-3H3. The highest BCUT2D eigenvalue weighted by Crippen LogP contribution is 2.28. The molecule has 15 heavy (non-hydrogen) atoms. The molecule has 1 aliphatic heterocycles. The lowest BCUT2D eigenvalue weighted by atomic mass is 9.82. The van der Waals surface area contributed by atoms with Crippen LogP contribution < -0.4 is 5.73 Å². The Bertz CT molecular complexity index is 235. The van der Waals surface area contributed by atoms with Gasteiger partial charge in [0, 0.05) is 0 Å². The number of hydrogen-bond acceptors (Lipinski definition) is 3. The van der Waals surface area contributed by atoms with Gasteiger partial charge in [-0.3, -0.25) is 4.79 Å². The van der Waals surface area contributed by atoms with E-state index in [1.807, 2.05) is 20.8 Å². The molecule has 88 valence electrons. The van der Waals surface area contributed by atoms with Gasteiger partial charge in [0.1, 0.15) is 5.60 Å². The molecular formula is C11H22N2O2. The Morgan fingerprint density at radius 1 is 1.53 bits per heavy atom. The Balaban J connectivity index is 2.41. The van der Waals surface area contributed by atoms with Gasteiger partial charge in [-0.25, -0.2) is 0 Å². The first kappa shape index (κ1) is 12.5. The lowest BCUT2D eigenvalue weighted by Gasteiger charge is -2.49. The van der Waals surface area contributed by atoms with Crippen LogP contribution in [0.2, 0.25) is 0 Å². The average molecular weight is 214 g/mol. The van der Waals surface area contributed by atoms with Crippen molar-refractivity contribution in [2.24, 2.45) is 11.7 Å². The van der Waals surface area contributed by atoms with Gasteiger partial charge < -0.3 is 15.7 Å². The largest absolute Gasteiger partial charge is 0.386 e. The average Bonchev–Trinajstić information content (AvgIpc) is 2.11. The summed E-state index contributed by atoms with van der Waals surface area (Å²) in [4.78, 5) is 13.4. The molecule has 0 aromatic heterocycles. The number of rotatable bonds is 4. The van der Waals surface area contributed by atoms with Crippen molar-refractivity contribution in [1.29, 1.82) is 0 Å². The normalized spacial score (nSPS) is 21.3. The van der Waals surface area contributed by atoms with Crippen LogP contribution in [0.15, 0.2) is 0 Å². The van der Waals surface area contributed by atoms with Crippen molar-refractivity contribution in [3.63, 3.8) is 0 Å². The van der Waals surface area contributed by atoms with Crippen LogP contribution >= 0.6 is 0 Å². The number of β-amino-alcohol motifs (C(OH)–C–C–N with tert-alkyl or cyclic N) is 1. The van der Waals surface area contributed by atoms with E-state index in [1.54, 1.807) is 4.90 Å². The molecular weight excluding hydrogens is 192 g/mol. The van der Waals surface area contributed by atoms with Gasteiger partial charge in [0.25, 0.3) is 0 Å². The molecule has 3 N–H and O–H groups in total. The molecule has 1 unspecified atom stereocenters. The fraction of sp³-hybridized carbons (Fsp3) is 0.909. The number of nitrogens with zero attached hydrogens (tertiary/aromatic N) is 1. The van der Waals surface area contributed by atoms with Crippen LogP contribution in [0.25, 0.3) is 0 Å². The Hall–Kier alpha value is -0.610. The summed E-state index contributed by atoms with van der Waals surface area (Å²) in [5.74, 6) is 0.158. The van der Waals surface area contributed by atoms with E-state index < -0.39 is 11.6 Å². The number of hydrogen-bond donors (Lipinski definition) is 2. The number of carbonyl (C=O) groups excluding carboxylic acids is 1. The molecule has 4 nitrogen and oxygen atoms in total. The molecule has 1 amide bonds. The van der Waals surface area contributed by atoms with Crippen molar-refractivity contribution in [2.45, 2.75) is 45.3 Å². The highest BCUT2D eigenvalue weighted by Gasteiger charge is 2.46. The summed E-state index contributed by atoms with van der Waals surface area (Å²) in [6.07, 6.45) is 1.63. The zero-order valence-electron chi connectivity index (χ0n) is 9.86. The van der Waals surface area contributed by atoms with Gasteiger partial charge in [-0.2, -0.15) is 0 Å². The van der Waals surface area contributed by atoms with Crippen molar-refractivity contribution >= 4 is 5.91 Å². The molecule has 0 aliphatic carbocycles. The minimum atomic E-state index is -0.693. The second-order valence-electron chi connectivity index (χ2n) is 4.85. The van der Waals surface area contributed by atoms with Crippen molar-refractivity contribution < 1.29 is 9.90 Å². The molecule has 0 aromatic rings. The minimum Gasteiger partial charge on any atom is -0.386 e. The van der Waals surface area contributed by atoms with Crippen LogP contribution in [-0.2, 0) is 4.79 Å². The maximum Gasteiger partial charge on any atom is 0.239 e. The molecule has 1 atom stereocenters. The number of carbonyl (C=O) groups is 1. The smallest absolute Gasteiger partial charge is 0.239 e. The number of nitrogens with two attached hydrogens (primary N) is 1. The fourth-order valence-corrected chi connectivity index (χ4v) is 1.80. The van der Waals surface area contributed by atoms with Gasteiger partial charge in [-0.15, -0.1) is 0 Å². The topological polar surface area (TPSA) is 66.6 Å².